The molecule has 4 aromatic rings. The van der Waals surface area contributed by atoms with Crippen molar-refractivity contribution in [3.63, 3.8) is 0 Å². The van der Waals surface area contributed by atoms with Gasteiger partial charge in [0.1, 0.15) is 5.65 Å². The second kappa shape index (κ2) is 7.92. The van der Waals surface area contributed by atoms with Gasteiger partial charge in [-0.25, -0.2) is 9.78 Å². The third-order valence-corrected chi connectivity index (χ3v) is 5.86. The Hall–Kier alpha value is -4.00. The van der Waals surface area contributed by atoms with Crippen LogP contribution in [0.5, 0.6) is 0 Å². The summed E-state index contributed by atoms with van der Waals surface area (Å²) in [6, 6.07) is 17.1. The van der Waals surface area contributed by atoms with Crippen molar-refractivity contribution in [1.82, 2.24) is 14.5 Å². The monoisotopic (exact) mass is 426 g/mol. The van der Waals surface area contributed by atoms with Gasteiger partial charge in [-0.15, -0.1) is 0 Å². The molecule has 1 amide bonds. The summed E-state index contributed by atoms with van der Waals surface area (Å²) in [6.07, 6.45) is 3.26. The van der Waals surface area contributed by atoms with E-state index in [-0.39, 0.29) is 23.5 Å². The maximum absolute atomic E-state index is 13.4. The SMILES string of the molecule is Cc1ccc2c(c1)CCCN2C(=O)c1cnc2c(c1)c(=O)[nH]c(=O)n2Cc1ccccc1. The van der Waals surface area contributed by atoms with Crippen LogP contribution in [0.4, 0.5) is 5.69 Å². The predicted octanol–water partition coefficient (Wildman–Crippen LogP) is 3.03. The Balaban J connectivity index is 1.57. The quantitative estimate of drug-likeness (QED) is 0.545. The molecule has 0 fully saturated rings. The van der Waals surface area contributed by atoms with Crippen LogP contribution in [0.2, 0.25) is 0 Å². The van der Waals surface area contributed by atoms with Gasteiger partial charge in [0.25, 0.3) is 11.5 Å². The lowest BCUT2D eigenvalue weighted by Gasteiger charge is -2.29. The van der Waals surface area contributed by atoms with E-state index in [1.807, 2.05) is 49.4 Å². The number of hydrogen-bond acceptors (Lipinski definition) is 4. The van der Waals surface area contributed by atoms with Crippen LogP contribution in [0.15, 0.2) is 70.4 Å². The van der Waals surface area contributed by atoms with E-state index < -0.39 is 11.2 Å². The molecular weight excluding hydrogens is 404 g/mol. The lowest BCUT2D eigenvalue weighted by molar-refractivity contribution is 0.0985. The number of fused-ring (bicyclic) bond motifs is 2. The Morgan fingerprint density at radius 3 is 2.72 bits per heavy atom. The van der Waals surface area contributed by atoms with Crippen LogP contribution in [0.25, 0.3) is 11.0 Å². The number of aromatic nitrogens is 3. The van der Waals surface area contributed by atoms with Crippen LogP contribution in [-0.2, 0) is 13.0 Å². The van der Waals surface area contributed by atoms with E-state index in [0.717, 1.165) is 35.2 Å². The van der Waals surface area contributed by atoms with E-state index in [4.69, 9.17) is 0 Å². The van der Waals surface area contributed by atoms with Crippen molar-refractivity contribution in [2.24, 2.45) is 0 Å². The second-order valence-electron chi connectivity index (χ2n) is 8.12. The van der Waals surface area contributed by atoms with Gasteiger partial charge in [-0.05, 0) is 43.0 Å². The molecule has 5 rings (SSSR count). The molecule has 0 spiro atoms. The number of nitrogens with zero attached hydrogens (tertiary/aromatic N) is 3. The van der Waals surface area contributed by atoms with Gasteiger partial charge < -0.3 is 4.90 Å². The van der Waals surface area contributed by atoms with Crippen molar-refractivity contribution in [3.8, 4) is 0 Å². The highest BCUT2D eigenvalue weighted by Gasteiger charge is 2.24. The third-order valence-electron chi connectivity index (χ3n) is 5.86. The van der Waals surface area contributed by atoms with Gasteiger partial charge >= 0.3 is 5.69 Å². The zero-order valence-corrected chi connectivity index (χ0v) is 17.7. The fourth-order valence-electron chi connectivity index (χ4n) is 4.29. The van der Waals surface area contributed by atoms with Crippen molar-refractivity contribution in [2.75, 3.05) is 11.4 Å². The molecule has 1 aliphatic rings. The Kier molecular flexibility index (Phi) is 4.93. The summed E-state index contributed by atoms with van der Waals surface area (Å²) >= 11 is 0. The molecule has 0 radical (unpaired) electrons. The van der Waals surface area contributed by atoms with Gasteiger partial charge in [-0.2, -0.15) is 0 Å². The van der Waals surface area contributed by atoms with Crippen molar-refractivity contribution < 1.29 is 4.79 Å². The lowest BCUT2D eigenvalue weighted by Crippen LogP contribution is -2.36. The number of pyridine rings is 1. The molecule has 1 N–H and O–H groups in total. The minimum atomic E-state index is -0.550. The summed E-state index contributed by atoms with van der Waals surface area (Å²) in [7, 11) is 0. The molecule has 32 heavy (non-hydrogen) atoms. The summed E-state index contributed by atoms with van der Waals surface area (Å²) in [6.45, 7) is 2.92. The first kappa shape index (κ1) is 19.9. The maximum Gasteiger partial charge on any atom is 0.330 e. The van der Waals surface area contributed by atoms with Crippen molar-refractivity contribution in [2.45, 2.75) is 26.3 Å². The Labute approximate surface area is 184 Å². The number of benzene rings is 2. The zero-order chi connectivity index (χ0) is 22.2. The smallest absolute Gasteiger partial charge is 0.308 e. The number of carbonyl (C=O) groups is 1. The number of hydrogen-bond donors (Lipinski definition) is 1. The summed E-state index contributed by atoms with van der Waals surface area (Å²) < 4.78 is 1.42. The van der Waals surface area contributed by atoms with Gasteiger partial charge in [0.2, 0.25) is 0 Å². The molecule has 3 heterocycles. The molecule has 160 valence electrons. The minimum absolute atomic E-state index is 0.204. The van der Waals surface area contributed by atoms with Gasteiger partial charge in [0, 0.05) is 18.4 Å². The van der Waals surface area contributed by atoms with Crippen molar-refractivity contribution >= 4 is 22.6 Å². The topological polar surface area (TPSA) is 88.1 Å². The fourth-order valence-corrected chi connectivity index (χ4v) is 4.29. The fraction of sp³-hybridized carbons (Fsp3) is 0.200. The average Bonchev–Trinajstić information content (AvgIpc) is 2.81. The van der Waals surface area contributed by atoms with Crippen molar-refractivity contribution in [3.05, 3.63) is 104 Å². The molecule has 7 nitrogen and oxygen atoms in total. The highest BCUT2D eigenvalue weighted by molar-refractivity contribution is 6.07. The van der Waals surface area contributed by atoms with Crippen LogP contribution in [-0.4, -0.2) is 27.0 Å². The number of carbonyl (C=O) groups excluding carboxylic acids is 1. The molecule has 2 aromatic carbocycles. The van der Waals surface area contributed by atoms with Crippen LogP contribution in [0, 0.1) is 6.92 Å². The largest absolute Gasteiger partial charge is 0.330 e. The first-order valence-corrected chi connectivity index (χ1v) is 10.6. The molecule has 2 aromatic heterocycles. The standard InChI is InChI=1S/C25H22N4O3/c1-16-9-10-21-18(12-16)8-5-11-28(21)24(31)19-13-20-22(26-14-19)29(25(32)27-23(20)30)15-17-6-3-2-4-7-17/h2-4,6-7,9-10,12-14H,5,8,11,15H2,1H3,(H,27,30,32). The van der Waals surface area contributed by atoms with E-state index in [0.29, 0.717) is 12.1 Å². The van der Waals surface area contributed by atoms with Crippen molar-refractivity contribution in [1.29, 1.82) is 0 Å². The van der Waals surface area contributed by atoms with Crippen LogP contribution < -0.4 is 16.1 Å². The Bertz CT molecular complexity index is 1450. The molecule has 0 saturated heterocycles. The summed E-state index contributed by atoms with van der Waals surface area (Å²) in [4.78, 5) is 46.9. The van der Waals surface area contributed by atoms with E-state index in [9.17, 15) is 14.4 Å². The number of aromatic amines is 1. The molecule has 7 heteroatoms. The van der Waals surface area contributed by atoms with Crippen LogP contribution in [0.1, 0.15) is 33.5 Å². The normalized spacial score (nSPS) is 13.2. The summed E-state index contributed by atoms with van der Waals surface area (Å²) in [5.74, 6) is -0.204. The predicted molar refractivity (Wildman–Crippen MR) is 123 cm³/mol. The van der Waals surface area contributed by atoms with Gasteiger partial charge in [0.15, 0.2) is 0 Å². The lowest BCUT2D eigenvalue weighted by atomic mass is 9.99. The Morgan fingerprint density at radius 1 is 1.09 bits per heavy atom. The van der Waals surface area contributed by atoms with E-state index in [2.05, 4.69) is 16.0 Å². The van der Waals surface area contributed by atoms with Gasteiger partial charge in [-0.1, -0.05) is 48.0 Å². The van der Waals surface area contributed by atoms with Crippen LogP contribution in [0.3, 0.4) is 0 Å². The molecule has 1 aliphatic heterocycles. The molecule has 0 bridgehead atoms. The number of amides is 1. The number of nitrogens with one attached hydrogen (secondary N) is 1. The number of rotatable bonds is 3. The molecule has 0 saturated carbocycles. The first-order chi connectivity index (χ1) is 15.5. The number of aryl methyl sites for hydroxylation is 2. The van der Waals surface area contributed by atoms with Crippen LogP contribution >= 0.6 is 0 Å². The number of H-pyrrole nitrogens is 1. The molecule has 0 aliphatic carbocycles. The second-order valence-corrected chi connectivity index (χ2v) is 8.12. The third kappa shape index (κ3) is 3.51. The maximum atomic E-state index is 13.4. The summed E-state index contributed by atoms with van der Waals surface area (Å²) in [5.41, 5.74) is 3.61. The summed E-state index contributed by atoms with van der Waals surface area (Å²) in [5, 5.41) is 0.215. The Morgan fingerprint density at radius 2 is 1.91 bits per heavy atom. The van der Waals surface area contributed by atoms with E-state index in [1.54, 1.807) is 4.90 Å². The molecular formula is C25H22N4O3. The first-order valence-electron chi connectivity index (χ1n) is 10.6. The van der Waals surface area contributed by atoms with E-state index in [1.165, 1.54) is 16.8 Å². The van der Waals surface area contributed by atoms with E-state index >= 15 is 0 Å². The highest BCUT2D eigenvalue weighted by atomic mass is 16.2. The molecule has 0 unspecified atom stereocenters. The molecule has 0 atom stereocenters. The highest BCUT2D eigenvalue weighted by Crippen LogP contribution is 2.29. The number of anilines is 1. The van der Waals surface area contributed by atoms with Gasteiger partial charge in [-0.3, -0.25) is 19.1 Å². The average molecular weight is 426 g/mol. The minimum Gasteiger partial charge on any atom is -0.308 e. The zero-order valence-electron chi connectivity index (χ0n) is 17.7. The van der Waals surface area contributed by atoms with Gasteiger partial charge in [0.05, 0.1) is 17.5 Å².